The van der Waals surface area contributed by atoms with E-state index >= 15 is 0 Å². The van der Waals surface area contributed by atoms with Crippen LogP contribution in [0.1, 0.15) is 32.5 Å². The predicted octanol–water partition coefficient (Wildman–Crippen LogP) is 4.41. The summed E-state index contributed by atoms with van der Waals surface area (Å²) in [4.78, 5) is 14.0. The van der Waals surface area contributed by atoms with Gasteiger partial charge in [-0.2, -0.15) is 10.1 Å². The van der Waals surface area contributed by atoms with Crippen molar-refractivity contribution < 1.29 is 9.47 Å². The number of aromatic nitrogens is 2. The minimum absolute atomic E-state index is 0.523. The van der Waals surface area contributed by atoms with Crippen LogP contribution in [0.15, 0.2) is 53.6 Å². The quantitative estimate of drug-likeness (QED) is 0.306. The van der Waals surface area contributed by atoms with Crippen molar-refractivity contribution in [2.45, 2.75) is 26.7 Å². The van der Waals surface area contributed by atoms with Gasteiger partial charge in [-0.1, -0.05) is 44.2 Å². The molecule has 0 radical (unpaired) electrons. The Balaban J connectivity index is 1.47. The topological polar surface area (TPSA) is 75.1 Å². The molecule has 0 spiro atoms. The Morgan fingerprint density at radius 2 is 1.80 bits per heavy atom. The van der Waals surface area contributed by atoms with Crippen molar-refractivity contribution >= 4 is 28.5 Å². The van der Waals surface area contributed by atoms with E-state index in [-0.39, 0.29) is 0 Å². The Bertz CT molecular complexity index is 1090. The molecule has 1 aromatic heterocycles. The number of nitrogens with zero attached hydrogens (tertiary/aromatic N) is 5. The molecular weight excluding hydrogens is 440 g/mol. The van der Waals surface area contributed by atoms with E-state index in [1.807, 2.05) is 24.3 Å². The number of anilines is 2. The second-order valence-corrected chi connectivity index (χ2v) is 8.64. The number of hydrogen-bond donors (Lipinski definition) is 1. The number of ether oxygens (including phenoxy) is 2. The van der Waals surface area contributed by atoms with Gasteiger partial charge in [0.2, 0.25) is 5.88 Å². The number of hydrogen-bond acceptors (Lipinski definition) is 8. The highest BCUT2D eigenvalue weighted by Gasteiger charge is 2.13. The smallest absolute Gasteiger partial charge is 0.219 e. The number of morpholine rings is 1. The van der Waals surface area contributed by atoms with Crippen LogP contribution >= 0.6 is 0 Å². The van der Waals surface area contributed by atoms with Gasteiger partial charge in [-0.25, -0.2) is 4.98 Å². The fourth-order valence-corrected chi connectivity index (χ4v) is 4.13. The third kappa shape index (κ3) is 7.37. The molecule has 0 unspecified atom stereocenters. The summed E-state index contributed by atoms with van der Waals surface area (Å²) in [6.07, 6.45) is 3.75. The summed E-state index contributed by atoms with van der Waals surface area (Å²) in [6.45, 7) is 11.1. The molecule has 186 valence electrons. The standard InChI is InChI=1S/C27H36N6O2/c1-3-11-33(12-4-2)26-20-27(35-18-15-32-13-16-34-17-14-32)30-25(29-26)21-28-31-24-10-9-22-7-5-6-8-23(22)19-24/h5-10,19-21,31H,3-4,11-18H2,1-2H3/b28-21+. The highest BCUT2D eigenvalue weighted by molar-refractivity contribution is 5.86. The average molecular weight is 477 g/mol. The van der Waals surface area contributed by atoms with Gasteiger partial charge in [-0.15, -0.1) is 0 Å². The molecule has 0 atom stereocenters. The molecule has 3 aromatic rings. The number of fused-ring (bicyclic) bond motifs is 1. The third-order valence-electron chi connectivity index (χ3n) is 5.90. The summed E-state index contributed by atoms with van der Waals surface area (Å²) in [5.41, 5.74) is 4.02. The van der Waals surface area contributed by atoms with Crippen molar-refractivity contribution in [1.29, 1.82) is 0 Å². The molecule has 1 aliphatic heterocycles. The number of benzene rings is 2. The van der Waals surface area contributed by atoms with Crippen LogP contribution in [0.5, 0.6) is 5.88 Å². The maximum Gasteiger partial charge on any atom is 0.219 e. The van der Waals surface area contributed by atoms with Gasteiger partial charge in [-0.05, 0) is 35.7 Å². The molecule has 2 aromatic carbocycles. The molecule has 8 nitrogen and oxygen atoms in total. The molecule has 8 heteroatoms. The molecule has 1 saturated heterocycles. The Labute approximate surface area is 208 Å². The van der Waals surface area contributed by atoms with Crippen LogP contribution in [0.3, 0.4) is 0 Å². The molecule has 1 N–H and O–H groups in total. The van der Waals surface area contributed by atoms with Crippen molar-refractivity contribution in [1.82, 2.24) is 14.9 Å². The molecule has 0 bridgehead atoms. The van der Waals surface area contributed by atoms with Crippen molar-refractivity contribution in [3.8, 4) is 5.88 Å². The first-order chi connectivity index (χ1) is 17.2. The molecule has 0 saturated carbocycles. The van der Waals surface area contributed by atoms with E-state index in [9.17, 15) is 0 Å². The fourth-order valence-electron chi connectivity index (χ4n) is 4.13. The van der Waals surface area contributed by atoms with Gasteiger partial charge in [-0.3, -0.25) is 10.3 Å². The van der Waals surface area contributed by atoms with Gasteiger partial charge in [0.05, 0.1) is 25.1 Å². The minimum Gasteiger partial charge on any atom is -0.476 e. The molecule has 0 amide bonds. The summed E-state index contributed by atoms with van der Waals surface area (Å²) < 4.78 is 11.5. The van der Waals surface area contributed by atoms with E-state index in [0.717, 1.165) is 75.7 Å². The van der Waals surface area contributed by atoms with Crippen LogP contribution in [-0.4, -0.2) is 73.6 Å². The normalized spacial score (nSPS) is 14.5. The fraction of sp³-hybridized carbons (Fsp3) is 0.444. The van der Waals surface area contributed by atoms with E-state index < -0.39 is 0 Å². The Kier molecular flexibility index (Phi) is 9.25. The van der Waals surface area contributed by atoms with Gasteiger partial charge in [0.25, 0.3) is 0 Å². The average Bonchev–Trinajstić information content (AvgIpc) is 2.89. The highest BCUT2D eigenvalue weighted by atomic mass is 16.5. The molecule has 4 rings (SSSR count). The second kappa shape index (κ2) is 13.0. The summed E-state index contributed by atoms with van der Waals surface area (Å²) in [5, 5.41) is 6.77. The zero-order valence-electron chi connectivity index (χ0n) is 20.8. The van der Waals surface area contributed by atoms with Crippen LogP contribution in [0, 0.1) is 0 Å². The second-order valence-electron chi connectivity index (χ2n) is 8.64. The lowest BCUT2D eigenvalue weighted by Gasteiger charge is -2.26. The van der Waals surface area contributed by atoms with Crippen LogP contribution in [-0.2, 0) is 4.74 Å². The van der Waals surface area contributed by atoms with Crippen LogP contribution < -0.4 is 15.1 Å². The lowest BCUT2D eigenvalue weighted by atomic mass is 10.1. The summed E-state index contributed by atoms with van der Waals surface area (Å²) in [7, 11) is 0. The first kappa shape index (κ1) is 24.9. The van der Waals surface area contributed by atoms with Crippen molar-refractivity contribution in [3.05, 3.63) is 54.4 Å². The number of hydrazone groups is 1. The molecule has 1 aliphatic rings. The van der Waals surface area contributed by atoms with Gasteiger partial charge >= 0.3 is 0 Å². The molecule has 1 fully saturated rings. The maximum atomic E-state index is 6.07. The van der Waals surface area contributed by atoms with Crippen molar-refractivity contribution in [2.24, 2.45) is 5.10 Å². The molecular formula is C27H36N6O2. The van der Waals surface area contributed by atoms with E-state index in [1.165, 1.54) is 5.39 Å². The number of rotatable bonds is 12. The van der Waals surface area contributed by atoms with Gasteiger partial charge < -0.3 is 14.4 Å². The van der Waals surface area contributed by atoms with E-state index in [0.29, 0.717) is 18.3 Å². The number of nitrogens with one attached hydrogen (secondary N) is 1. The summed E-state index contributed by atoms with van der Waals surface area (Å²) >= 11 is 0. The van der Waals surface area contributed by atoms with E-state index in [4.69, 9.17) is 14.5 Å². The Hall–Kier alpha value is -3.23. The maximum absolute atomic E-state index is 6.07. The summed E-state index contributed by atoms with van der Waals surface area (Å²) in [5.74, 6) is 1.97. The van der Waals surface area contributed by atoms with Crippen LogP contribution in [0.4, 0.5) is 11.5 Å². The predicted molar refractivity (Wildman–Crippen MR) is 143 cm³/mol. The highest BCUT2D eigenvalue weighted by Crippen LogP contribution is 2.20. The summed E-state index contributed by atoms with van der Waals surface area (Å²) in [6, 6.07) is 16.4. The van der Waals surface area contributed by atoms with Crippen molar-refractivity contribution in [2.75, 3.05) is 62.9 Å². The minimum atomic E-state index is 0.523. The SMILES string of the molecule is CCCN(CCC)c1cc(OCCN2CCOCC2)nc(/C=N/Nc2ccc3ccccc3c2)n1. The Morgan fingerprint density at radius 3 is 2.57 bits per heavy atom. The van der Waals surface area contributed by atoms with Crippen molar-refractivity contribution in [3.63, 3.8) is 0 Å². The lowest BCUT2D eigenvalue weighted by molar-refractivity contribution is 0.0320. The molecule has 0 aliphatic carbocycles. The van der Waals surface area contributed by atoms with E-state index in [1.54, 1.807) is 6.21 Å². The first-order valence-corrected chi connectivity index (χ1v) is 12.6. The largest absolute Gasteiger partial charge is 0.476 e. The van der Waals surface area contributed by atoms with Crippen LogP contribution in [0.25, 0.3) is 10.8 Å². The molecule has 2 heterocycles. The zero-order chi connectivity index (χ0) is 24.3. The monoisotopic (exact) mass is 476 g/mol. The first-order valence-electron chi connectivity index (χ1n) is 12.6. The van der Waals surface area contributed by atoms with Gasteiger partial charge in [0.1, 0.15) is 12.4 Å². The zero-order valence-corrected chi connectivity index (χ0v) is 20.8. The van der Waals surface area contributed by atoms with E-state index in [2.05, 4.69) is 63.4 Å². The lowest BCUT2D eigenvalue weighted by Crippen LogP contribution is -2.38. The molecule has 35 heavy (non-hydrogen) atoms. The Morgan fingerprint density at radius 1 is 1.03 bits per heavy atom. The van der Waals surface area contributed by atoms with Crippen LogP contribution in [0.2, 0.25) is 0 Å². The third-order valence-corrected chi connectivity index (χ3v) is 5.90. The van der Waals surface area contributed by atoms with Gasteiger partial charge in [0.15, 0.2) is 5.82 Å². The van der Waals surface area contributed by atoms with Gasteiger partial charge in [0, 0.05) is 38.8 Å².